The Hall–Kier alpha value is -1.39. The number of thiazole rings is 1. The van der Waals surface area contributed by atoms with Crippen molar-refractivity contribution >= 4 is 11.3 Å². The molecule has 84 valence electrons. The molecule has 0 bridgehead atoms. The van der Waals surface area contributed by atoms with E-state index in [1.807, 2.05) is 36.6 Å². The Bertz CT molecular complexity index is 450. The molecule has 1 aromatic carbocycles. The Kier molecular flexibility index (Phi) is 3.54. The lowest BCUT2D eigenvalue weighted by Gasteiger charge is -2.03. The van der Waals surface area contributed by atoms with Gasteiger partial charge in [0.25, 0.3) is 0 Å². The minimum atomic E-state index is 0.00168. The van der Waals surface area contributed by atoms with Gasteiger partial charge in [0, 0.05) is 10.9 Å². The Morgan fingerprint density at radius 2 is 2.06 bits per heavy atom. The maximum Gasteiger partial charge on any atom is 0.119 e. The minimum absolute atomic E-state index is 0.00168. The van der Waals surface area contributed by atoms with Crippen LogP contribution >= 0.6 is 11.3 Å². The van der Waals surface area contributed by atoms with E-state index in [1.165, 1.54) is 11.3 Å². The van der Waals surface area contributed by atoms with E-state index >= 15 is 0 Å². The van der Waals surface area contributed by atoms with E-state index in [9.17, 15) is 0 Å². The molecular formula is C12H13NO2S. The van der Waals surface area contributed by atoms with Gasteiger partial charge in [0.15, 0.2) is 0 Å². The fourth-order valence-corrected chi connectivity index (χ4v) is 2.07. The van der Waals surface area contributed by atoms with E-state index in [1.54, 1.807) is 0 Å². The first kappa shape index (κ1) is 11.1. The summed E-state index contributed by atoms with van der Waals surface area (Å²) in [5, 5.41) is 11.6. The van der Waals surface area contributed by atoms with Crippen LogP contribution in [0.5, 0.6) is 5.75 Å². The summed E-state index contributed by atoms with van der Waals surface area (Å²) in [5.41, 5.74) is 1.94. The van der Waals surface area contributed by atoms with Gasteiger partial charge in [-0.25, -0.2) is 4.98 Å². The van der Waals surface area contributed by atoms with Crippen molar-refractivity contribution in [1.82, 2.24) is 4.98 Å². The van der Waals surface area contributed by atoms with Crippen molar-refractivity contribution in [1.29, 1.82) is 0 Å². The van der Waals surface area contributed by atoms with Crippen LogP contribution in [-0.2, 0) is 6.61 Å². The van der Waals surface area contributed by atoms with Gasteiger partial charge >= 0.3 is 0 Å². The van der Waals surface area contributed by atoms with Crippen LogP contribution in [0.1, 0.15) is 11.9 Å². The SMILES string of the molecule is CCOc1ccc(-c2csc(CO)n2)cc1. The monoisotopic (exact) mass is 235 g/mol. The van der Waals surface area contributed by atoms with E-state index in [0.29, 0.717) is 6.61 Å². The highest BCUT2D eigenvalue weighted by molar-refractivity contribution is 7.09. The van der Waals surface area contributed by atoms with Gasteiger partial charge in [0.2, 0.25) is 0 Å². The van der Waals surface area contributed by atoms with Crippen LogP contribution in [0.4, 0.5) is 0 Å². The minimum Gasteiger partial charge on any atom is -0.494 e. The summed E-state index contributed by atoms with van der Waals surface area (Å²) >= 11 is 1.47. The van der Waals surface area contributed by atoms with Crippen molar-refractivity contribution in [2.24, 2.45) is 0 Å². The summed E-state index contributed by atoms with van der Waals surface area (Å²) in [4.78, 5) is 4.30. The van der Waals surface area contributed by atoms with Crippen molar-refractivity contribution in [2.45, 2.75) is 13.5 Å². The third-order valence-corrected chi connectivity index (χ3v) is 2.98. The number of aromatic nitrogens is 1. The average Bonchev–Trinajstić information content (AvgIpc) is 2.79. The van der Waals surface area contributed by atoms with Crippen LogP contribution < -0.4 is 4.74 Å². The molecule has 0 saturated carbocycles. The van der Waals surface area contributed by atoms with E-state index in [4.69, 9.17) is 9.84 Å². The average molecular weight is 235 g/mol. The lowest BCUT2D eigenvalue weighted by molar-refractivity contribution is 0.281. The molecule has 4 heteroatoms. The van der Waals surface area contributed by atoms with Crippen molar-refractivity contribution in [3.63, 3.8) is 0 Å². The number of benzene rings is 1. The summed E-state index contributed by atoms with van der Waals surface area (Å²) in [5.74, 6) is 0.865. The third-order valence-electron chi connectivity index (χ3n) is 2.15. The molecule has 0 aliphatic carbocycles. The zero-order valence-electron chi connectivity index (χ0n) is 9.01. The number of hydrogen-bond donors (Lipinski definition) is 1. The van der Waals surface area contributed by atoms with Crippen LogP contribution in [0.15, 0.2) is 29.6 Å². The smallest absolute Gasteiger partial charge is 0.119 e. The maximum absolute atomic E-state index is 8.94. The van der Waals surface area contributed by atoms with E-state index in [2.05, 4.69) is 4.98 Å². The second-order valence-corrected chi connectivity index (χ2v) is 4.18. The number of rotatable bonds is 4. The molecule has 2 aromatic rings. The molecular weight excluding hydrogens is 222 g/mol. The topological polar surface area (TPSA) is 42.4 Å². The van der Waals surface area contributed by atoms with E-state index < -0.39 is 0 Å². The molecule has 1 N–H and O–H groups in total. The summed E-state index contributed by atoms with van der Waals surface area (Å²) in [7, 11) is 0. The van der Waals surface area contributed by atoms with Gasteiger partial charge in [-0.2, -0.15) is 0 Å². The van der Waals surface area contributed by atoms with Gasteiger partial charge in [-0.15, -0.1) is 11.3 Å². The Labute approximate surface area is 98.4 Å². The molecule has 0 unspecified atom stereocenters. The van der Waals surface area contributed by atoms with Gasteiger partial charge in [0.05, 0.1) is 18.9 Å². The molecule has 16 heavy (non-hydrogen) atoms. The quantitative estimate of drug-likeness (QED) is 0.886. The fourth-order valence-electron chi connectivity index (χ4n) is 1.40. The Morgan fingerprint density at radius 3 is 2.62 bits per heavy atom. The van der Waals surface area contributed by atoms with Gasteiger partial charge in [-0.1, -0.05) is 0 Å². The first-order valence-corrected chi connectivity index (χ1v) is 6.00. The molecule has 0 fully saturated rings. The molecule has 0 aliphatic heterocycles. The molecule has 2 rings (SSSR count). The lowest BCUT2D eigenvalue weighted by Crippen LogP contribution is -1.90. The van der Waals surface area contributed by atoms with Gasteiger partial charge in [0.1, 0.15) is 10.8 Å². The van der Waals surface area contributed by atoms with E-state index in [0.717, 1.165) is 22.0 Å². The first-order chi connectivity index (χ1) is 7.83. The summed E-state index contributed by atoms with van der Waals surface area (Å²) in [6.07, 6.45) is 0. The van der Waals surface area contributed by atoms with Gasteiger partial charge in [-0.3, -0.25) is 0 Å². The van der Waals surface area contributed by atoms with Gasteiger partial charge in [-0.05, 0) is 31.2 Å². The Morgan fingerprint density at radius 1 is 1.31 bits per heavy atom. The molecule has 0 saturated heterocycles. The highest BCUT2D eigenvalue weighted by Crippen LogP contribution is 2.24. The lowest BCUT2D eigenvalue weighted by atomic mass is 10.2. The number of ether oxygens (including phenoxy) is 1. The molecule has 1 aromatic heterocycles. The summed E-state index contributed by atoms with van der Waals surface area (Å²) < 4.78 is 5.37. The van der Waals surface area contributed by atoms with Crippen molar-refractivity contribution in [3.8, 4) is 17.0 Å². The fraction of sp³-hybridized carbons (Fsp3) is 0.250. The molecule has 0 amide bonds. The largest absolute Gasteiger partial charge is 0.494 e. The van der Waals surface area contributed by atoms with Crippen molar-refractivity contribution in [2.75, 3.05) is 6.61 Å². The highest BCUT2D eigenvalue weighted by atomic mass is 32.1. The molecule has 0 spiro atoms. The standard InChI is InChI=1S/C12H13NO2S/c1-2-15-10-5-3-9(4-6-10)11-8-16-12(7-14)13-11/h3-6,8,14H,2,7H2,1H3. The normalized spacial score (nSPS) is 10.4. The van der Waals surface area contributed by atoms with Crippen LogP contribution in [0, 0.1) is 0 Å². The number of hydrogen-bond acceptors (Lipinski definition) is 4. The zero-order valence-corrected chi connectivity index (χ0v) is 9.83. The zero-order chi connectivity index (χ0) is 11.4. The summed E-state index contributed by atoms with van der Waals surface area (Å²) in [6, 6.07) is 7.80. The van der Waals surface area contributed by atoms with Crippen LogP contribution in [0.2, 0.25) is 0 Å². The predicted molar refractivity (Wildman–Crippen MR) is 64.6 cm³/mol. The maximum atomic E-state index is 8.94. The molecule has 1 heterocycles. The van der Waals surface area contributed by atoms with Crippen molar-refractivity contribution < 1.29 is 9.84 Å². The molecule has 0 aliphatic rings. The molecule has 3 nitrogen and oxygen atoms in total. The van der Waals surface area contributed by atoms with Crippen molar-refractivity contribution in [3.05, 3.63) is 34.7 Å². The number of aliphatic hydroxyl groups is 1. The Balaban J connectivity index is 2.20. The number of nitrogens with zero attached hydrogens (tertiary/aromatic N) is 1. The van der Waals surface area contributed by atoms with Gasteiger partial charge < -0.3 is 9.84 Å². The molecule has 0 atom stereocenters. The third kappa shape index (κ3) is 2.40. The van der Waals surface area contributed by atoms with E-state index in [-0.39, 0.29) is 6.61 Å². The first-order valence-electron chi connectivity index (χ1n) is 5.12. The van der Waals surface area contributed by atoms with Crippen LogP contribution in [0.25, 0.3) is 11.3 Å². The predicted octanol–water partition coefficient (Wildman–Crippen LogP) is 2.70. The second-order valence-electron chi connectivity index (χ2n) is 3.24. The molecule has 0 radical (unpaired) electrons. The second kappa shape index (κ2) is 5.09. The highest BCUT2D eigenvalue weighted by Gasteiger charge is 2.03. The van der Waals surface area contributed by atoms with Crippen LogP contribution in [-0.4, -0.2) is 16.7 Å². The summed E-state index contributed by atoms with van der Waals surface area (Å²) in [6.45, 7) is 2.63. The number of aliphatic hydroxyl groups excluding tert-OH is 1. The van der Waals surface area contributed by atoms with Crippen LogP contribution in [0.3, 0.4) is 0 Å².